The largest absolute Gasteiger partial charge is 0.419 e. The lowest BCUT2D eigenvalue weighted by Crippen LogP contribution is -2.48. The Morgan fingerprint density at radius 1 is 1.53 bits per heavy atom. The standard InChI is InChI=1S/C10H17F3N2O2/c1-14-5-2-3-8(16)15-6-4-9(17,7-15)10(11,12)13/h14,17H,2-7H2,1H3. The maximum atomic E-state index is 12.5. The first-order valence-electron chi connectivity index (χ1n) is 5.51. The molecule has 1 saturated heterocycles. The van der Waals surface area contributed by atoms with Crippen LogP contribution < -0.4 is 5.32 Å². The van der Waals surface area contributed by atoms with Crippen LogP contribution in [0.5, 0.6) is 0 Å². The van der Waals surface area contributed by atoms with E-state index in [1.807, 2.05) is 0 Å². The van der Waals surface area contributed by atoms with Crippen molar-refractivity contribution < 1.29 is 23.1 Å². The van der Waals surface area contributed by atoms with E-state index in [2.05, 4.69) is 5.32 Å². The van der Waals surface area contributed by atoms with Gasteiger partial charge in [-0.25, -0.2) is 0 Å². The highest BCUT2D eigenvalue weighted by atomic mass is 19.4. The summed E-state index contributed by atoms with van der Waals surface area (Å²) < 4.78 is 37.5. The van der Waals surface area contributed by atoms with E-state index in [-0.39, 0.29) is 18.9 Å². The first-order chi connectivity index (χ1) is 7.80. The number of hydrogen-bond donors (Lipinski definition) is 2. The minimum Gasteiger partial charge on any atom is -0.379 e. The Morgan fingerprint density at radius 2 is 2.18 bits per heavy atom. The topological polar surface area (TPSA) is 52.6 Å². The van der Waals surface area contributed by atoms with Crippen LogP contribution in [-0.2, 0) is 4.79 Å². The third kappa shape index (κ3) is 3.32. The number of β-amino-alcohol motifs (C(OH)–C–C–N with tert-alkyl or cyclic N) is 1. The Kier molecular flexibility index (Phi) is 4.37. The van der Waals surface area contributed by atoms with Crippen molar-refractivity contribution in [2.45, 2.75) is 31.0 Å². The van der Waals surface area contributed by atoms with Crippen molar-refractivity contribution in [3.8, 4) is 0 Å². The number of nitrogens with zero attached hydrogens (tertiary/aromatic N) is 1. The smallest absolute Gasteiger partial charge is 0.379 e. The highest BCUT2D eigenvalue weighted by Gasteiger charge is 2.57. The zero-order valence-corrected chi connectivity index (χ0v) is 9.68. The Bertz CT molecular complexity index is 283. The fourth-order valence-corrected chi connectivity index (χ4v) is 1.81. The fraction of sp³-hybridized carbons (Fsp3) is 0.900. The van der Waals surface area contributed by atoms with E-state index in [1.165, 1.54) is 0 Å². The number of carbonyl (C=O) groups is 1. The van der Waals surface area contributed by atoms with Gasteiger partial charge in [-0.05, 0) is 20.0 Å². The predicted octanol–water partition coefficient (Wildman–Crippen LogP) is 0.512. The third-order valence-corrected chi connectivity index (χ3v) is 2.95. The minimum atomic E-state index is -4.67. The molecular weight excluding hydrogens is 237 g/mol. The molecule has 0 aromatic carbocycles. The molecule has 7 heteroatoms. The molecule has 0 bridgehead atoms. The molecule has 0 aliphatic carbocycles. The van der Waals surface area contributed by atoms with Crippen LogP contribution >= 0.6 is 0 Å². The Balaban J connectivity index is 2.47. The molecule has 0 radical (unpaired) electrons. The van der Waals surface area contributed by atoms with Gasteiger partial charge in [0.2, 0.25) is 5.91 Å². The van der Waals surface area contributed by atoms with Crippen molar-refractivity contribution in [3.63, 3.8) is 0 Å². The molecule has 1 heterocycles. The van der Waals surface area contributed by atoms with Gasteiger partial charge in [0.15, 0.2) is 5.60 Å². The molecule has 1 amide bonds. The molecule has 1 aliphatic heterocycles. The second kappa shape index (κ2) is 5.22. The second-order valence-corrected chi connectivity index (χ2v) is 4.30. The molecule has 1 rings (SSSR count). The molecule has 0 spiro atoms. The summed E-state index contributed by atoms with van der Waals surface area (Å²) in [5.74, 6) is -0.333. The first-order valence-corrected chi connectivity index (χ1v) is 5.51. The number of carbonyl (C=O) groups excluding carboxylic acids is 1. The lowest BCUT2D eigenvalue weighted by atomic mass is 10.0. The average molecular weight is 254 g/mol. The summed E-state index contributed by atoms with van der Waals surface area (Å²) in [4.78, 5) is 12.6. The summed E-state index contributed by atoms with van der Waals surface area (Å²) in [5, 5.41) is 12.2. The average Bonchev–Trinajstić information content (AvgIpc) is 2.62. The van der Waals surface area contributed by atoms with Gasteiger partial charge in [0.1, 0.15) is 0 Å². The van der Waals surface area contributed by atoms with Gasteiger partial charge in [-0.3, -0.25) is 4.79 Å². The van der Waals surface area contributed by atoms with Gasteiger partial charge < -0.3 is 15.3 Å². The van der Waals surface area contributed by atoms with Crippen LogP contribution in [0.25, 0.3) is 0 Å². The number of aliphatic hydroxyl groups is 1. The van der Waals surface area contributed by atoms with Gasteiger partial charge in [-0.2, -0.15) is 13.2 Å². The van der Waals surface area contributed by atoms with Gasteiger partial charge in [0.05, 0.1) is 6.54 Å². The summed E-state index contributed by atoms with van der Waals surface area (Å²) in [6, 6.07) is 0. The molecule has 0 aromatic rings. The van der Waals surface area contributed by atoms with Crippen LogP contribution in [0.15, 0.2) is 0 Å². The number of hydrogen-bond acceptors (Lipinski definition) is 3. The molecule has 2 N–H and O–H groups in total. The Labute approximate surface area is 97.8 Å². The van der Waals surface area contributed by atoms with E-state index < -0.39 is 24.7 Å². The molecule has 4 nitrogen and oxygen atoms in total. The van der Waals surface area contributed by atoms with Crippen molar-refractivity contribution in [1.82, 2.24) is 10.2 Å². The number of nitrogens with one attached hydrogen (secondary N) is 1. The maximum Gasteiger partial charge on any atom is 0.419 e. The predicted molar refractivity (Wildman–Crippen MR) is 55.4 cm³/mol. The van der Waals surface area contributed by atoms with Crippen LogP contribution in [-0.4, -0.2) is 54.4 Å². The number of likely N-dealkylation sites (tertiary alicyclic amines) is 1. The molecular formula is C10H17F3N2O2. The van der Waals surface area contributed by atoms with Crippen LogP contribution in [0.3, 0.4) is 0 Å². The number of amides is 1. The van der Waals surface area contributed by atoms with Crippen LogP contribution in [0.4, 0.5) is 13.2 Å². The van der Waals surface area contributed by atoms with Gasteiger partial charge in [0.25, 0.3) is 0 Å². The van der Waals surface area contributed by atoms with E-state index in [9.17, 15) is 23.1 Å². The third-order valence-electron chi connectivity index (χ3n) is 2.95. The lowest BCUT2D eigenvalue weighted by molar-refractivity contribution is -0.253. The van der Waals surface area contributed by atoms with Gasteiger partial charge in [-0.15, -0.1) is 0 Å². The molecule has 100 valence electrons. The second-order valence-electron chi connectivity index (χ2n) is 4.30. The molecule has 17 heavy (non-hydrogen) atoms. The molecule has 1 fully saturated rings. The van der Waals surface area contributed by atoms with Gasteiger partial charge in [0, 0.05) is 19.4 Å². The number of rotatable bonds is 4. The van der Waals surface area contributed by atoms with Crippen molar-refractivity contribution >= 4 is 5.91 Å². The SMILES string of the molecule is CNCCCC(=O)N1CCC(O)(C(F)(F)F)C1. The quantitative estimate of drug-likeness (QED) is 0.719. The molecule has 0 saturated carbocycles. The van der Waals surface area contributed by atoms with Crippen molar-refractivity contribution in [1.29, 1.82) is 0 Å². The van der Waals surface area contributed by atoms with E-state index in [0.29, 0.717) is 13.0 Å². The zero-order valence-electron chi connectivity index (χ0n) is 9.68. The monoisotopic (exact) mass is 254 g/mol. The van der Waals surface area contributed by atoms with E-state index in [1.54, 1.807) is 7.05 Å². The Morgan fingerprint density at radius 3 is 2.65 bits per heavy atom. The van der Waals surface area contributed by atoms with Crippen molar-refractivity contribution in [3.05, 3.63) is 0 Å². The highest BCUT2D eigenvalue weighted by Crippen LogP contribution is 2.37. The summed E-state index contributed by atoms with van der Waals surface area (Å²) in [6.07, 6.45) is -4.33. The van der Waals surface area contributed by atoms with E-state index in [0.717, 1.165) is 4.90 Å². The minimum absolute atomic E-state index is 0.0333. The first kappa shape index (κ1) is 14.2. The summed E-state index contributed by atoms with van der Waals surface area (Å²) in [6.45, 7) is -0.0353. The van der Waals surface area contributed by atoms with Crippen LogP contribution in [0, 0.1) is 0 Å². The van der Waals surface area contributed by atoms with Gasteiger partial charge >= 0.3 is 6.18 Å². The van der Waals surface area contributed by atoms with Crippen molar-refractivity contribution in [2.75, 3.05) is 26.7 Å². The summed E-state index contributed by atoms with van der Waals surface area (Å²) >= 11 is 0. The molecule has 1 aliphatic rings. The summed E-state index contributed by atoms with van der Waals surface area (Å²) in [7, 11) is 1.74. The van der Waals surface area contributed by atoms with Crippen LogP contribution in [0.1, 0.15) is 19.3 Å². The van der Waals surface area contributed by atoms with E-state index >= 15 is 0 Å². The zero-order chi connectivity index (χ0) is 13.1. The lowest BCUT2D eigenvalue weighted by Gasteiger charge is -2.25. The van der Waals surface area contributed by atoms with Crippen LogP contribution in [0.2, 0.25) is 0 Å². The maximum absolute atomic E-state index is 12.5. The highest BCUT2D eigenvalue weighted by molar-refractivity contribution is 5.76. The molecule has 0 aromatic heterocycles. The Hall–Kier alpha value is -0.820. The van der Waals surface area contributed by atoms with Gasteiger partial charge in [-0.1, -0.05) is 0 Å². The molecule has 1 atom stereocenters. The molecule has 1 unspecified atom stereocenters. The fourth-order valence-electron chi connectivity index (χ4n) is 1.81. The number of alkyl halides is 3. The normalized spacial score (nSPS) is 25.4. The van der Waals surface area contributed by atoms with Crippen molar-refractivity contribution in [2.24, 2.45) is 0 Å². The number of halogens is 3. The summed E-state index contributed by atoms with van der Waals surface area (Å²) in [5.41, 5.74) is -2.73. The van der Waals surface area contributed by atoms with E-state index in [4.69, 9.17) is 0 Å².